The maximum atomic E-state index is 11.6. The zero-order valence-corrected chi connectivity index (χ0v) is 11.0. The summed E-state index contributed by atoms with van der Waals surface area (Å²) in [6, 6.07) is 10.6. The Morgan fingerprint density at radius 3 is 2.68 bits per heavy atom. The Morgan fingerprint density at radius 1 is 1.32 bits per heavy atom. The summed E-state index contributed by atoms with van der Waals surface area (Å²) in [5.41, 5.74) is 1.57. The van der Waals surface area contributed by atoms with Crippen molar-refractivity contribution in [3.63, 3.8) is 0 Å². The third-order valence-electron chi connectivity index (χ3n) is 2.76. The minimum Gasteiger partial charge on any atom is -0.387 e. The maximum Gasteiger partial charge on any atom is 0.226 e. The van der Waals surface area contributed by atoms with Crippen LogP contribution in [-0.2, 0) is 11.2 Å². The molecule has 100 valence electrons. The van der Waals surface area contributed by atoms with Crippen molar-refractivity contribution in [3.05, 3.63) is 58.9 Å². The first-order valence-corrected chi connectivity index (χ1v) is 6.35. The van der Waals surface area contributed by atoms with Gasteiger partial charge in [0.2, 0.25) is 5.91 Å². The van der Waals surface area contributed by atoms with Crippen LogP contribution in [0.2, 0.25) is 5.02 Å². The molecule has 0 bridgehead atoms. The van der Waals surface area contributed by atoms with E-state index in [1.807, 2.05) is 12.1 Å². The standard InChI is InChI=1S/C14H15ClN2O2/c15-11-5-3-10(4-6-11)13(18)9-17-14(19)8-12-2-1-7-16-12/h1-7,13,16,18H,8-9H2,(H,17,19). The second-order valence-corrected chi connectivity index (χ2v) is 4.68. The number of carbonyl (C=O) groups excluding carboxylic acids is 1. The minimum atomic E-state index is -0.732. The van der Waals surface area contributed by atoms with E-state index in [-0.39, 0.29) is 18.9 Å². The van der Waals surface area contributed by atoms with Crippen molar-refractivity contribution < 1.29 is 9.90 Å². The van der Waals surface area contributed by atoms with Crippen molar-refractivity contribution in [1.29, 1.82) is 0 Å². The number of nitrogens with one attached hydrogen (secondary N) is 2. The second-order valence-electron chi connectivity index (χ2n) is 4.24. The molecule has 19 heavy (non-hydrogen) atoms. The average molecular weight is 279 g/mol. The normalized spacial score (nSPS) is 12.1. The molecular weight excluding hydrogens is 264 g/mol. The molecule has 0 aliphatic rings. The topological polar surface area (TPSA) is 65.1 Å². The molecule has 1 amide bonds. The number of rotatable bonds is 5. The van der Waals surface area contributed by atoms with Crippen LogP contribution in [0.4, 0.5) is 0 Å². The number of hydrogen-bond acceptors (Lipinski definition) is 2. The van der Waals surface area contributed by atoms with E-state index in [1.54, 1.807) is 30.5 Å². The van der Waals surface area contributed by atoms with E-state index in [2.05, 4.69) is 10.3 Å². The van der Waals surface area contributed by atoms with Gasteiger partial charge in [0.1, 0.15) is 0 Å². The van der Waals surface area contributed by atoms with Crippen LogP contribution in [-0.4, -0.2) is 22.5 Å². The van der Waals surface area contributed by atoms with Crippen molar-refractivity contribution in [2.45, 2.75) is 12.5 Å². The predicted molar refractivity (Wildman–Crippen MR) is 73.9 cm³/mol. The molecule has 4 nitrogen and oxygen atoms in total. The molecule has 2 aromatic rings. The fourth-order valence-corrected chi connectivity index (χ4v) is 1.85. The lowest BCUT2D eigenvalue weighted by molar-refractivity contribution is -0.120. The molecule has 1 heterocycles. The molecule has 0 fully saturated rings. The van der Waals surface area contributed by atoms with Crippen LogP contribution in [0.25, 0.3) is 0 Å². The first kappa shape index (κ1) is 13.6. The van der Waals surface area contributed by atoms with Crippen molar-refractivity contribution in [3.8, 4) is 0 Å². The molecule has 0 spiro atoms. The Hall–Kier alpha value is -1.78. The number of benzene rings is 1. The Labute approximate surface area is 116 Å². The maximum absolute atomic E-state index is 11.6. The highest BCUT2D eigenvalue weighted by atomic mass is 35.5. The molecule has 5 heteroatoms. The van der Waals surface area contributed by atoms with E-state index in [0.717, 1.165) is 11.3 Å². The van der Waals surface area contributed by atoms with E-state index in [1.165, 1.54) is 0 Å². The van der Waals surface area contributed by atoms with Gasteiger partial charge in [-0.2, -0.15) is 0 Å². The summed E-state index contributed by atoms with van der Waals surface area (Å²) in [5, 5.41) is 13.2. The number of carbonyl (C=O) groups is 1. The number of aliphatic hydroxyl groups is 1. The largest absolute Gasteiger partial charge is 0.387 e. The highest BCUT2D eigenvalue weighted by molar-refractivity contribution is 6.30. The van der Waals surface area contributed by atoms with E-state index >= 15 is 0 Å². The SMILES string of the molecule is O=C(Cc1ccc[nH]1)NCC(O)c1ccc(Cl)cc1. The van der Waals surface area contributed by atoms with Crippen LogP contribution in [0.1, 0.15) is 17.4 Å². The third kappa shape index (κ3) is 4.12. The Balaban J connectivity index is 1.81. The summed E-state index contributed by atoms with van der Waals surface area (Å²) in [5.74, 6) is -0.129. The van der Waals surface area contributed by atoms with Gasteiger partial charge in [-0.3, -0.25) is 4.79 Å². The lowest BCUT2D eigenvalue weighted by atomic mass is 10.1. The Kier molecular flexibility index (Phi) is 4.60. The van der Waals surface area contributed by atoms with Gasteiger partial charge in [0.25, 0.3) is 0 Å². The van der Waals surface area contributed by atoms with Gasteiger partial charge < -0.3 is 15.4 Å². The Morgan fingerprint density at radius 2 is 2.05 bits per heavy atom. The number of aliphatic hydroxyl groups excluding tert-OH is 1. The zero-order valence-electron chi connectivity index (χ0n) is 10.3. The van der Waals surface area contributed by atoms with E-state index in [4.69, 9.17) is 11.6 Å². The number of halogens is 1. The molecule has 0 saturated heterocycles. The summed E-state index contributed by atoms with van der Waals surface area (Å²) >= 11 is 5.77. The van der Waals surface area contributed by atoms with E-state index in [0.29, 0.717) is 5.02 Å². The molecule has 1 aromatic heterocycles. The van der Waals surface area contributed by atoms with Gasteiger partial charge in [-0.05, 0) is 29.8 Å². The summed E-state index contributed by atoms with van der Waals surface area (Å²) in [4.78, 5) is 14.6. The highest BCUT2D eigenvalue weighted by Gasteiger charge is 2.10. The average Bonchev–Trinajstić information content (AvgIpc) is 2.89. The minimum absolute atomic E-state index is 0.129. The molecule has 0 aliphatic heterocycles. The van der Waals surface area contributed by atoms with Crippen LogP contribution < -0.4 is 5.32 Å². The smallest absolute Gasteiger partial charge is 0.226 e. The zero-order chi connectivity index (χ0) is 13.7. The molecule has 3 N–H and O–H groups in total. The molecule has 1 atom stereocenters. The molecular formula is C14H15ClN2O2. The molecule has 0 radical (unpaired) electrons. The van der Waals surface area contributed by atoms with Gasteiger partial charge in [-0.1, -0.05) is 23.7 Å². The van der Waals surface area contributed by atoms with Crippen molar-refractivity contribution in [2.75, 3.05) is 6.54 Å². The fourth-order valence-electron chi connectivity index (χ4n) is 1.73. The van der Waals surface area contributed by atoms with Crippen molar-refractivity contribution in [1.82, 2.24) is 10.3 Å². The van der Waals surface area contributed by atoms with Crippen LogP contribution >= 0.6 is 11.6 Å². The van der Waals surface area contributed by atoms with Gasteiger partial charge in [0, 0.05) is 23.5 Å². The predicted octanol–water partition coefficient (Wildman–Crippen LogP) is 2.06. The van der Waals surface area contributed by atoms with Gasteiger partial charge >= 0.3 is 0 Å². The second kappa shape index (κ2) is 6.41. The number of aromatic amines is 1. The van der Waals surface area contributed by atoms with Gasteiger partial charge in [0.05, 0.1) is 12.5 Å². The van der Waals surface area contributed by atoms with Gasteiger partial charge in [-0.25, -0.2) is 0 Å². The lowest BCUT2D eigenvalue weighted by Crippen LogP contribution is -2.29. The number of amides is 1. The van der Waals surface area contributed by atoms with E-state index in [9.17, 15) is 9.90 Å². The third-order valence-corrected chi connectivity index (χ3v) is 3.01. The quantitative estimate of drug-likeness (QED) is 0.784. The molecule has 2 rings (SSSR count). The Bertz CT molecular complexity index is 523. The van der Waals surface area contributed by atoms with Crippen molar-refractivity contribution in [2.24, 2.45) is 0 Å². The molecule has 0 saturated carbocycles. The van der Waals surface area contributed by atoms with Crippen molar-refractivity contribution >= 4 is 17.5 Å². The lowest BCUT2D eigenvalue weighted by Gasteiger charge is -2.12. The summed E-state index contributed by atoms with van der Waals surface area (Å²) in [7, 11) is 0. The van der Waals surface area contributed by atoms with Gasteiger partial charge in [0.15, 0.2) is 0 Å². The summed E-state index contributed by atoms with van der Waals surface area (Å²) < 4.78 is 0. The van der Waals surface area contributed by atoms with Crippen LogP contribution in [0.15, 0.2) is 42.6 Å². The first-order valence-electron chi connectivity index (χ1n) is 5.97. The van der Waals surface area contributed by atoms with Crippen LogP contribution in [0, 0.1) is 0 Å². The summed E-state index contributed by atoms with van der Waals surface area (Å²) in [6.45, 7) is 0.182. The van der Waals surface area contributed by atoms with E-state index < -0.39 is 6.10 Å². The van der Waals surface area contributed by atoms with Crippen LogP contribution in [0.3, 0.4) is 0 Å². The fraction of sp³-hybridized carbons (Fsp3) is 0.214. The number of aromatic nitrogens is 1. The molecule has 0 aliphatic carbocycles. The highest BCUT2D eigenvalue weighted by Crippen LogP contribution is 2.15. The first-order chi connectivity index (χ1) is 9.15. The molecule has 1 unspecified atom stereocenters. The number of hydrogen-bond donors (Lipinski definition) is 3. The van der Waals surface area contributed by atoms with Gasteiger partial charge in [-0.15, -0.1) is 0 Å². The molecule has 1 aromatic carbocycles. The monoisotopic (exact) mass is 278 g/mol. The number of H-pyrrole nitrogens is 1. The summed E-state index contributed by atoms with van der Waals surface area (Å²) in [6.07, 6.45) is 1.32. The van der Waals surface area contributed by atoms with Crippen LogP contribution in [0.5, 0.6) is 0 Å².